The fraction of sp³-hybridized carbons (Fsp3) is 0.462. The summed E-state index contributed by atoms with van der Waals surface area (Å²) in [7, 11) is 0. The standard InChI is InChI=1S/C13H17N3/c1-9(6-10-2-3-10)15-12-4-5-13-11(7-12)8-14-16-13/h4-5,7-10,15H,2-3,6H2,1H3,(H,14,16). The van der Waals surface area contributed by atoms with E-state index in [1.54, 1.807) is 0 Å². The van der Waals surface area contributed by atoms with Crippen molar-refractivity contribution in [3.05, 3.63) is 24.4 Å². The van der Waals surface area contributed by atoms with Crippen LogP contribution in [0.1, 0.15) is 26.2 Å². The van der Waals surface area contributed by atoms with Gasteiger partial charge in [0.2, 0.25) is 0 Å². The topological polar surface area (TPSA) is 40.7 Å². The van der Waals surface area contributed by atoms with Crippen LogP contribution in [0, 0.1) is 5.92 Å². The van der Waals surface area contributed by atoms with E-state index >= 15 is 0 Å². The van der Waals surface area contributed by atoms with Crippen LogP contribution in [-0.2, 0) is 0 Å². The van der Waals surface area contributed by atoms with Crippen molar-refractivity contribution in [3.63, 3.8) is 0 Å². The summed E-state index contributed by atoms with van der Waals surface area (Å²) < 4.78 is 0. The molecule has 0 bridgehead atoms. The molecule has 0 spiro atoms. The van der Waals surface area contributed by atoms with Gasteiger partial charge in [-0.25, -0.2) is 0 Å². The minimum absolute atomic E-state index is 0.567. The molecule has 0 radical (unpaired) electrons. The maximum absolute atomic E-state index is 4.03. The number of aromatic amines is 1. The van der Waals surface area contributed by atoms with Gasteiger partial charge in [0.05, 0.1) is 11.7 Å². The van der Waals surface area contributed by atoms with Gasteiger partial charge in [-0.05, 0) is 37.5 Å². The van der Waals surface area contributed by atoms with E-state index in [9.17, 15) is 0 Å². The largest absolute Gasteiger partial charge is 0.383 e. The van der Waals surface area contributed by atoms with E-state index in [-0.39, 0.29) is 0 Å². The first-order valence-electron chi connectivity index (χ1n) is 6.01. The van der Waals surface area contributed by atoms with E-state index in [0.29, 0.717) is 6.04 Å². The lowest BCUT2D eigenvalue weighted by atomic mass is 10.1. The van der Waals surface area contributed by atoms with E-state index in [4.69, 9.17) is 0 Å². The number of benzene rings is 1. The highest BCUT2D eigenvalue weighted by atomic mass is 15.1. The fourth-order valence-electron chi connectivity index (χ4n) is 2.23. The Balaban J connectivity index is 1.72. The van der Waals surface area contributed by atoms with Gasteiger partial charge in [-0.15, -0.1) is 0 Å². The molecule has 1 aliphatic carbocycles. The second-order valence-corrected chi connectivity index (χ2v) is 4.90. The second kappa shape index (κ2) is 3.81. The minimum atomic E-state index is 0.567. The zero-order chi connectivity index (χ0) is 11.0. The number of nitrogens with zero attached hydrogens (tertiary/aromatic N) is 1. The number of anilines is 1. The van der Waals surface area contributed by atoms with Crippen LogP contribution in [0.4, 0.5) is 5.69 Å². The molecule has 1 aromatic carbocycles. The van der Waals surface area contributed by atoms with Gasteiger partial charge in [-0.1, -0.05) is 12.8 Å². The lowest BCUT2D eigenvalue weighted by Gasteiger charge is -2.14. The van der Waals surface area contributed by atoms with Crippen molar-refractivity contribution in [3.8, 4) is 0 Å². The van der Waals surface area contributed by atoms with E-state index < -0.39 is 0 Å². The average Bonchev–Trinajstić information content (AvgIpc) is 2.95. The molecule has 0 aliphatic heterocycles. The summed E-state index contributed by atoms with van der Waals surface area (Å²) in [6, 6.07) is 6.91. The van der Waals surface area contributed by atoms with Crippen molar-refractivity contribution < 1.29 is 0 Å². The smallest absolute Gasteiger partial charge is 0.0651 e. The molecule has 1 saturated carbocycles. The highest BCUT2D eigenvalue weighted by molar-refractivity contribution is 5.81. The zero-order valence-electron chi connectivity index (χ0n) is 9.53. The molecule has 1 aliphatic rings. The van der Waals surface area contributed by atoms with Crippen LogP contribution in [0.3, 0.4) is 0 Å². The molecule has 84 valence electrons. The summed E-state index contributed by atoms with van der Waals surface area (Å²) in [5, 5.41) is 11.7. The fourth-order valence-corrected chi connectivity index (χ4v) is 2.23. The number of hydrogen-bond donors (Lipinski definition) is 2. The van der Waals surface area contributed by atoms with Crippen LogP contribution in [0.25, 0.3) is 10.9 Å². The molecule has 3 nitrogen and oxygen atoms in total. The Morgan fingerprint density at radius 2 is 2.38 bits per heavy atom. The van der Waals surface area contributed by atoms with Gasteiger partial charge in [0.1, 0.15) is 0 Å². The molecule has 3 rings (SSSR count). The van der Waals surface area contributed by atoms with Gasteiger partial charge < -0.3 is 5.32 Å². The Labute approximate surface area is 95.2 Å². The number of nitrogens with one attached hydrogen (secondary N) is 2. The summed E-state index contributed by atoms with van der Waals surface area (Å²) in [4.78, 5) is 0. The highest BCUT2D eigenvalue weighted by Crippen LogP contribution is 2.34. The summed E-state index contributed by atoms with van der Waals surface area (Å²) in [5.74, 6) is 0.972. The first-order chi connectivity index (χ1) is 7.81. The number of fused-ring (bicyclic) bond motifs is 1. The van der Waals surface area contributed by atoms with Gasteiger partial charge in [0, 0.05) is 17.1 Å². The maximum Gasteiger partial charge on any atom is 0.0651 e. The third kappa shape index (κ3) is 2.03. The quantitative estimate of drug-likeness (QED) is 0.822. The second-order valence-electron chi connectivity index (χ2n) is 4.90. The minimum Gasteiger partial charge on any atom is -0.383 e. The normalized spacial score (nSPS) is 17.6. The molecule has 1 heterocycles. The van der Waals surface area contributed by atoms with Crippen LogP contribution in [0.5, 0.6) is 0 Å². The molecule has 1 atom stereocenters. The van der Waals surface area contributed by atoms with Crippen LogP contribution < -0.4 is 5.32 Å². The van der Waals surface area contributed by atoms with Crippen molar-refractivity contribution in [2.45, 2.75) is 32.2 Å². The number of hydrogen-bond acceptors (Lipinski definition) is 2. The van der Waals surface area contributed by atoms with Gasteiger partial charge in [-0.2, -0.15) is 5.10 Å². The molecule has 1 aromatic heterocycles. The van der Waals surface area contributed by atoms with E-state index in [0.717, 1.165) is 11.4 Å². The molecule has 16 heavy (non-hydrogen) atoms. The van der Waals surface area contributed by atoms with Crippen LogP contribution >= 0.6 is 0 Å². The first kappa shape index (κ1) is 9.70. The predicted molar refractivity (Wildman–Crippen MR) is 66.5 cm³/mol. The Hall–Kier alpha value is -1.51. The lowest BCUT2D eigenvalue weighted by Crippen LogP contribution is -2.15. The van der Waals surface area contributed by atoms with Crippen LogP contribution in [0.2, 0.25) is 0 Å². The highest BCUT2D eigenvalue weighted by Gasteiger charge is 2.23. The zero-order valence-corrected chi connectivity index (χ0v) is 9.53. The van der Waals surface area contributed by atoms with Gasteiger partial charge in [0.15, 0.2) is 0 Å². The molecular formula is C13H17N3. The maximum atomic E-state index is 4.03. The third-order valence-electron chi connectivity index (χ3n) is 3.24. The Kier molecular flexibility index (Phi) is 2.31. The van der Waals surface area contributed by atoms with E-state index in [1.807, 2.05) is 6.20 Å². The predicted octanol–water partition coefficient (Wildman–Crippen LogP) is 3.16. The van der Waals surface area contributed by atoms with E-state index in [2.05, 4.69) is 40.6 Å². The number of aromatic nitrogens is 2. The van der Waals surface area contributed by atoms with Gasteiger partial charge in [-0.3, -0.25) is 5.10 Å². The summed E-state index contributed by atoms with van der Waals surface area (Å²) in [5.41, 5.74) is 2.29. The first-order valence-corrected chi connectivity index (χ1v) is 6.01. The third-order valence-corrected chi connectivity index (χ3v) is 3.24. The Bertz CT molecular complexity index is 485. The van der Waals surface area contributed by atoms with Crippen molar-refractivity contribution in [1.29, 1.82) is 0 Å². The molecule has 0 saturated heterocycles. The summed E-state index contributed by atoms with van der Waals surface area (Å²) in [6.45, 7) is 2.26. The van der Waals surface area contributed by atoms with Crippen LogP contribution in [0.15, 0.2) is 24.4 Å². The number of rotatable bonds is 4. The van der Waals surface area contributed by atoms with E-state index in [1.165, 1.54) is 30.3 Å². The van der Waals surface area contributed by atoms with Crippen molar-refractivity contribution in [2.24, 2.45) is 5.92 Å². The monoisotopic (exact) mass is 215 g/mol. The SMILES string of the molecule is CC(CC1CC1)Nc1ccc2[nH]ncc2c1. The molecule has 2 aromatic rings. The molecule has 3 heteroatoms. The molecule has 2 N–H and O–H groups in total. The molecular weight excluding hydrogens is 198 g/mol. The summed E-state index contributed by atoms with van der Waals surface area (Å²) in [6.07, 6.45) is 6.01. The van der Waals surface area contributed by atoms with Crippen LogP contribution in [-0.4, -0.2) is 16.2 Å². The van der Waals surface area contributed by atoms with Crippen molar-refractivity contribution in [1.82, 2.24) is 10.2 Å². The lowest BCUT2D eigenvalue weighted by molar-refractivity contribution is 0.642. The van der Waals surface area contributed by atoms with Gasteiger partial charge in [0.25, 0.3) is 0 Å². The average molecular weight is 215 g/mol. The Morgan fingerprint density at radius 3 is 3.19 bits per heavy atom. The van der Waals surface area contributed by atoms with Crippen molar-refractivity contribution >= 4 is 16.6 Å². The molecule has 1 fully saturated rings. The molecule has 1 unspecified atom stereocenters. The van der Waals surface area contributed by atoms with Gasteiger partial charge >= 0.3 is 0 Å². The number of H-pyrrole nitrogens is 1. The van der Waals surface area contributed by atoms with Crippen molar-refractivity contribution in [2.75, 3.05) is 5.32 Å². The Morgan fingerprint density at radius 1 is 1.50 bits per heavy atom. The summed E-state index contributed by atoms with van der Waals surface area (Å²) >= 11 is 0. The molecule has 0 amide bonds.